The van der Waals surface area contributed by atoms with Crippen molar-refractivity contribution in [3.8, 4) is 23.0 Å². The van der Waals surface area contributed by atoms with Gasteiger partial charge in [-0.25, -0.2) is 0 Å². The molecular weight excluding hydrogens is 474 g/mol. The van der Waals surface area contributed by atoms with Crippen molar-refractivity contribution in [3.63, 3.8) is 0 Å². The third kappa shape index (κ3) is 4.46. The number of aliphatic hydroxyl groups excluding tert-OH is 1. The molecule has 1 amide bonds. The zero-order valence-corrected chi connectivity index (χ0v) is 20.6. The molecule has 2 aliphatic rings. The van der Waals surface area contributed by atoms with E-state index in [9.17, 15) is 14.7 Å². The maximum Gasteiger partial charge on any atom is 0.300 e. The van der Waals surface area contributed by atoms with Gasteiger partial charge in [-0.05, 0) is 43.7 Å². The van der Waals surface area contributed by atoms with Gasteiger partial charge in [0.05, 0.1) is 30.4 Å². The Balaban J connectivity index is 1.68. The summed E-state index contributed by atoms with van der Waals surface area (Å²) < 4.78 is 22.7. The fourth-order valence-electron chi connectivity index (χ4n) is 4.61. The lowest BCUT2D eigenvalue weighted by molar-refractivity contribution is -0.132. The van der Waals surface area contributed by atoms with E-state index in [-0.39, 0.29) is 11.3 Å². The van der Waals surface area contributed by atoms with Crippen LogP contribution in [0.15, 0.2) is 72.3 Å². The summed E-state index contributed by atoms with van der Waals surface area (Å²) in [6.45, 7) is 5.31. The lowest BCUT2D eigenvalue weighted by atomic mass is 9.94. The van der Waals surface area contributed by atoms with Gasteiger partial charge in [0.2, 0.25) is 0 Å². The molecule has 5 rings (SSSR count). The number of ether oxygens (including phenoxy) is 4. The lowest BCUT2D eigenvalue weighted by Crippen LogP contribution is -2.29. The van der Waals surface area contributed by atoms with Crippen molar-refractivity contribution in [2.75, 3.05) is 31.3 Å². The average molecular weight is 502 g/mol. The van der Waals surface area contributed by atoms with Crippen molar-refractivity contribution in [1.29, 1.82) is 0 Å². The minimum Gasteiger partial charge on any atom is -0.507 e. The van der Waals surface area contributed by atoms with Gasteiger partial charge in [0.15, 0.2) is 11.5 Å². The fraction of sp³-hybridized carbons (Fsp3) is 0.241. The quantitative estimate of drug-likeness (QED) is 0.280. The number of hydrogen-bond donors (Lipinski definition) is 1. The number of ketones is 1. The third-order valence-electron chi connectivity index (χ3n) is 6.18. The van der Waals surface area contributed by atoms with Crippen LogP contribution >= 0.6 is 0 Å². The van der Waals surface area contributed by atoms with Crippen LogP contribution in [0.4, 0.5) is 5.69 Å². The molecule has 0 radical (unpaired) electrons. The number of hydrogen-bond acceptors (Lipinski definition) is 7. The van der Waals surface area contributed by atoms with Crippen molar-refractivity contribution in [3.05, 3.63) is 83.4 Å². The summed E-state index contributed by atoms with van der Waals surface area (Å²) in [7, 11) is 0. The Labute approximate surface area is 214 Å². The summed E-state index contributed by atoms with van der Waals surface area (Å²) in [5, 5.41) is 11.5. The van der Waals surface area contributed by atoms with E-state index in [1.807, 2.05) is 44.2 Å². The molecular formula is C29H27NO7. The first kappa shape index (κ1) is 24.2. The number of Topliss-reactive ketones (excluding diaryl/α,β-unsaturated/α-hetero) is 1. The zero-order valence-electron chi connectivity index (χ0n) is 20.6. The first-order valence-electron chi connectivity index (χ1n) is 12.2. The van der Waals surface area contributed by atoms with Gasteiger partial charge in [-0.1, -0.05) is 30.3 Å². The highest BCUT2D eigenvalue weighted by molar-refractivity contribution is 6.51. The summed E-state index contributed by atoms with van der Waals surface area (Å²) in [4.78, 5) is 28.3. The van der Waals surface area contributed by atoms with Crippen LogP contribution in [0.25, 0.3) is 5.76 Å². The van der Waals surface area contributed by atoms with Gasteiger partial charge in [0.1, 0.15) is 30.5 Å². The Kier molecular flexibility index (Phi) is 6.72. The summed E-state index contributed by atoms with van der Waals surface area (Å²) in [6, 6.07) is 18.3. The second-order valence-electron chi connectivity index (χ2n) is 8.43. The normalized spacial score (nSPS) is 18.1. The standard InChI is InChI=1S/C29H27NO7/c1-3-34-20-11-12-21(23(17-20)35-4-2)27(31)25-26(18-8-6-5-7-9-18)30(29(33)28(25)32)19-10-13-22-24(16-19)37-15-14-36-22/h5-13,16-17,26,31H,3-4,14-15H2,1-2H3/b27-25+. The average Bonchev–Trinajstić information content (AvgIpc) is 3.19. The van der Waals surface area contributed by atoms with Gasteiger partial charge in [0, 0.05) is 17.8 Å². The van der Waals surface area contributed by atoms with E-state index in [1.165, 1.54) is 4.90 Å². The molecule has 3 aromatic rings. The highest BCUT2D eigenvalue weighted by Gasteiger charge is 2.47. The number of amides is 1. The highest BCUT2D eigenvalue weighted by Crippen LogP contribution is 2.45. The maximum absolute atomic E-state index is 13.5. The van der Waals surface area contributed by atoms with Crippen molar-refractivity contribution >= 4 is 23.1 Å². The second-order valence-corrected chi connectivity index (χ2v) is 8.43. The number of benzene rings is 3. The largest absolute Gasteiger partial charge is 0.507 e. The van der Waals surface area contributed by atoms with Gasteiger partial charge in [-0.2, -0.15) is 0 Å². The number of carbonyl (C=O) groups is 2. The van der Waals surface area contributed by atoms with Gasteiger partial charge < -0.3 is 24.1 Å². The van der Waals surface area contributed by atoms with Crippen molar-refractivity contribution in [2.45, 2.75) is 19.9 Å². The first-order chi connectivity index (χ1) is 18.0. The molecule has 0 aromatic heterocycles. The molecule has 1 fully saturated rings. The van der Waals surface area contributed by atoms with Crippen LogP contribution < -0.4 is 23.8 Å². The van der Waals surface area contributed by atoms with Crippen molar-refractivity contribution < 1.29 is 33.6 Å². The van der Waals surface area contributed by atoms with E-state index in [1.54, 1.807) is 36.4 Å². The number of aliphatic hydroxyl groups is 1. The van der Waals surface area contributed by atoms with Crippen LogP contribution in [0.3, 0.4) is 0 Å². The molecule has 0 aliphatic carbocycles. The first-order valence-corrected chi connectivity index (χ1v) is 12.2. The van der Waals surface area contributed by atoms with E-state index in [4.69, 9.17) is 18.9 Å². The third-order valence-corrected chi connectivity index (χ3v) is 6.18. The monoisotopic (exact) mass is 501 g/mol. The number of anilines is 1. The SMILES string of the molecule is CCOc1ccc(/C(O)=C2\C(=O)C(=O)N(c3ccc4c(c3)OCCO4)C2c2ccccc2)c(OCC)c1. The molecule has 190 valence electrons. The number of nitrogens with zero attached hydrogens (tertiary/aromatic N) is 1. The molecule has 37 heavy (non-hydrogen) atoms. The van der Waals surface area contributed by atoms with Gasteiger partial charge in [0.25, 0.3) is 11.7 Å². The van der Waals surface area contributed by atoms with Crippen LogP contribution in [0, 0.1) is 0 Å². The number of carbonyl (C=O) groups excluding carboxylic acids is 2. The lowest BCUT2D eigenvalue weighted by Gasteiger charge is -2.27. The Hall–Kier alpha value is -4.46. The van der Waals surface area contributed by atoms with Crippen LogP contribution in [-0.4, -0.2) is 43.2 Å². The van der Waals surface area contributed by atoms with Gasteiger partial charge >= 0.3 is 0 Å². The van der Waals surface area contributed by atoms with Gasteiger partial charge in [-0.3, -0.25) is 14.5 Å². The summed E-state index contributed by atoms with van der Waals surface area (Å²) in [5.41, 5.74) is 1.39. The predicted octanol–water partition coefficient (Wildman–Crippen LogP) is 4.88. The smallest absolute Gasteiger partial charge is 0.300 e. The molecule has 0 spiro atoms. The molecule has 3 aromatic carbocycles. The topological polar surface area (TPSA) is 94.5 Å². The zero-order chi connectivity index (χ0) is 25.9. The molecule has 8 heteroatoms. The number of rotatable bonds is 7. The fourth-order valence-corrected chi connectivity index (χ4v) is 4.61. The molecule has 1 saturated heterocycles. The molecule has 0 bridgehead atoms. The van der Waals surface area contributed by atoms with Crippen LogP contribution in [-0.2, 0) is 9.59 Å². The minimum absolute atomic E-state index is 0.0313. The molecule has 2 aliphatic heterocycles. The predicted molar refractivity (Wildman–Crippen MR) is 137 cm³/mol. The van der Waals surface area contributed by atoms with E-state index >= 15 is 0 Å². The number of fused-ring (bicyclic) bond motifs is 1. The second kappa shape index (κ2) is 10.3. The van der Waals surface area contributed by atoms with Crippen LogP contribution in [0.2, 0.25) is 0 Å². The Morgan fingerprint density at radius 2 is 1.65 bits per heavy atom. The van der Waals surface area contributed by atoms with Gasteiger partial charge in [-0.15, -0.1) is 0 Å². The summed E-state index contributed by atoms with van der Waals surface area (Å²) in [6.07, 6.45) is 0. The van der Waals surface area contributed by atoms with Crippen molar-refractivity contribution in [2.24, 2.45) is 0 Å². The van der Waals surface area contributed by atoms with E-state index in [0.717, 1.165) is 0 Å². The van der Waals surface area contributed by atoms with Crippen LogP contribution in [0.5, 0.6) is 23.0 Å². The minimum atomic E-state index is -0.871. The Morgan fingerprint density at radius 1 is 0.919 bits per heavy atom. The molecule has 1 N–H and O–H groups in total. The molecule has 1 atom stereocenters. The molecule has 1 unspecified atom stereocenters. The summed E-state index contributed by atoms with van der Waals surface area (Å²) >= 11 is 0. The Morgan fingerprint density at radius 3 is 2.38 bits per heavy atom. The van der Waals surface area contributed by atoms with Crippen LogP contribution in [0.1, 0.15) is 31.0 Å². The highest BCUT2D eigenvalue weighted by atomic mass is 16.6. The molecule has 0 saturated carbocycles. The van der Waals surface area contributed by atoms with Crippen molar-refractivity contribution in [1.82, 2.24) is 0 Å². The van der Waals surface area contributed by atoms with E-state index < -0.39 is 17.7 Å². The van der Waals surface area contributed by atoms with E-state index in [2.05, 4.69) is 0 Å². The molecule has 2 heterocycles. The maximum atomic E-state index is 13.5. The summed E-state index contributed by atoms with van der Waals surface area (Å²) in [5.74, 6) is 0.107. The Bertz CT molecular complexity index is 1370. The molecule has 8 nitrogen and oxygen atoms in total. The van der Waals surface area contributed by atoms with E-state index in [0.29, 0.717) is 66.2 Å².